The van der Waals surface area contributed by atoms with Gasteiger partial charge in [-0.05, 0) is 69.6 Å². The fraction of sp³-hybridized carbons (Fsp3) is 0.565. The maximum absolute atomic E-state index is 12.3. The molecule has 28 heavy (non-hydrogen) atoms. The van der Waals surface area contributed by atoms with Crippen LogP contribution in [0.4, 0.5) is 4.79 Å². The summed E-state index contributed by atoms with van der Waals surface area (Å²) in [5.74, 6) is 0.490. The van der Waals surface area contributed by atoms with Crippen molar-refractivity contribution in [3.05, 3.63) is 52.8 Å². The number of hydrogen-bond donors (Lipinski definition) is 0. The summed E-state index contributed by atoms with van der Waals surface area (Å²) in [6.07, 6.45) is 4.93. The van der Waals surface area contributed by atoms with Crippen molar-refractivity contribution in [3.8, 4) is 0 Å². The zero-order valence-electron chi connectivity index (χ0n) is 17.9. The smallest absolute Gasteiger partial charge is 0.410 e. The van der Waals surface area contributed by atoms with Gasteiger partial charge >= 0.3 is 6.09 Å². The van der Waals surface area contributed by atoms with Gasteiger partial charge in [0.25, 0.3) is 0 Å². The third kappa shape index (κ3) is 5.15. The van der Waals surface area contributed by atoms with Crippen LogP contribution in [0.2, 0.25) is 0 Å². The van der Waals surface area contributed by atoms with Gasteiger partial charge in [0.2, 0.25) is 0 Å². The first-order chi connectivity index (χ1) is 13.2. The molecule has 1 aliphatic heterocycles. The number of rotatable bonds is 4. The molecule has 0 unspecified atom stereocenters. The van der Waals surface area contributed by atoms with Crippen LogP contribution in [0.15, 0.2) is 30.5 Å². The Kier molecular flexibility index (Phi) is 6.11. The number of amides is 1. The number of aromatic nitrogens is 2. The second kappa shape index (κ2) is 8.38. The van der Waals surface area contributed by atoms with Gasteiger partial charge in [0.1, 0.15) is 5.60 Å². The summed E-state index contributed by atoms with van der Waals surface area (Å²) in [7, 11) is 0. The molecule has 1 saturated heterocycles. The first-order valence-corrected chi connectivity index (χ1v) is 10.3. The summed E-state index contributed by atoms with van der Waals surface area (Å²) in [5.41, 5.74) is 4.63. The number of nitrogens with zero attached hydrogens (tertiary/aromatic N) is 3. The lowest BCUT2D eigenvalue weighted by Gasteiger charge is -2.33. The fourth-order valence-corrected chi connectivity index (χ4v) is 3.84. The average Bonchev–Trinajstić information content (AvgIpc) is 3.00. The van der Waals surface area contributed by atoms with Crippen LogP contribution >= 0.6 is 0 Å². The Morgan fingerprint density at radius 3 is 2.57 bits per heavy atom. The Hall–Kier alpha value is -2.30. The lowest BCUT2D eigenvalue weighted by Crippen LogP contribution is -2.41. The van der Waals surface area contributed by atoms with Gasteiger partial charge in [0, 0.05) is 19.3 Å². The molecule has 0 saturated carbocycles. The maximum Gasteiger partial charge on any atom is 0.410 e. The number of hydrogen-bond acceptors (Lipinski definition) is 3. The van der Waals surface area contributed by atoms with E-state index in [-0.39, 0.29) is 6.09 Å². The van der Waals surface area contributed by atoms with Crippen molar-refractivity contribution >= 4 is 6.09 Å². The summed E-state index contributed by atoms with van der Waals surface area (Å²) >= 11 is 0. The van der Waals surface area contributed by atoms with E-state index in [1.54, 1.807) is 0 Å². The van der Waals surface area contributed by atoms with Gasteiger partial charge in [-0.3, -0.25) is 4.68 Å². The predicted molar refractivity (Wildman–Crippen MR) is 112 cm³/mol. The molecule has 3 rings (SSSR count). The van der Waals surface area contributed by atoms with Crippen LogP contribution in [0.25, 0.3) is 0 Å². The summed E-state index contributed by atoms with van der Waals surface area (Å²) in [4.78, 5) is 14.1. The molecule has 1 amide bonds. The van der Waals surface area contributed by atoms with Gasteiger partial charge in [0.15, 0.2) is 0 Å². The number of carbonyl (C=O) groups is 1. The molecule has 1 fully saturated rings. The first-order valence-electron chi connectivity index (χ1n) is 10.3. The molecule has 0 radical (unpaired) electrons. The molecule has 0 aliphatic carbocycles. The van der Waals surface area contributed by atoms with Crippen molar-refractivity contribution in [1.29, 1.82) is 0 Å². The highest BCUT2D eigenvalue weighted by Gasteiger charge is 2.27. The second-order valence-electron chi connectivity index (χ2n) is 8.78. The topological polar surface area (TPSA) is 47.4 Å². The van der Waals surface area contributed by atoms with Gasteiger partial charge in [0.05, 0.1) is 12.2 Å². The van der Waals surface area contributed by atoms with E-state index in [9.17, 15) is 4.79 Å². The van der Waals surface area contributed by atoms with E-state index in [4.69, 9.17) is 4.74 Å². The van der Waals surface area contributed by atoms with E-state index in [1.165, 1.54) is 16.7 Å². The van der Waals surface area contributed by atoms with Crippen LogP contribution in [0.1, 0.15) is 68.8 Å². The maximum atomic E-state index is 12.3. The highest BCUT2D eigenvalue weighted by molar-refractivity contribution is 5.68. The molecule has 152 valence electrons. The average molecular weight is 384 g/mol. The fourth-order valence-electron chi connectivity index (χ4n) is 3.84. The third-order valence-corrected chi connectivity index (χ3v) is 5.34. The summed E-state index contributed by atoms with van der Waals surface area (Å²) < 4.78 is 7.54. The van der Waals surface area contributed by atoms with E-state index < -0.39 is 5.60 Å². The third-order valence-electron chi connectivity index (χ3n) is 5.34. The van der Waals surface area contributed by atoms with Crippen LogP contribution in [-0.4, -0.2) is 39.5 Å². The van der Waals surface area contributed by atoms with E-state index in [0.717, 1.165) is 44.6 Å². The number of carbonyl (C=O) groups excluding carboxylic acids is 1. The summed E-state index contributed by atoms with van der Waals surface area (Å²) in [6, 6.07) is 8.82. The lowest BCUT2D eigenvalue weighted by molar-refractivity contribution is 0.0205. The molecule has 0 bridgehead atoms. The molecule has 5 heteroatoms. The second-order valence-corrected chi connectivity index (χ2v) is 8.78. The molecule has 0 atom stereocenters. The molecule has 2 heterocycles. The first kappa shape index (κ1) is 20.4. The number of piperidine rings is 1. The van der Waals surface area contributed by atoms with Crippen molar-refractivity contribution in [3.63, 3.8) is 0 Å². The molecule has 0 N–H and O–H groups in total. The highest BCUT2D eigenvalue weighted by atomic mass is 16.6. The van der Waals surface area contributed by atoms with Crippen LogP contribution in [-0.2, 0) is 17.7 Å². The molecule has 1 aromatic carbocycles. The van der Waals surface area contributed by atoms with Crippen molar-refractivity contribution in [2.45, 2.75) is 71.9 Å². The van der Waals surface area contributed by atoms with Gasteiger partial charge in [-0.25, -0.2) is 4.79 Å². The highest BCUT2D eigenvalue weighted by Crippen LogP contribution is 2.29. The van der Waals surface area contributed by atoms with E-state index >= 15 is 0 Å². The van der Waals surface area contributed by atoms with E-state index in [2.05, 4.69) is 49.4 Å². The standard InChI is InChI=1S/C23H33N3O2/c1-6-19-16-26(24-17(19)2)15-18-8-7-9-21(14-18)20-10-12-25(13-11-20)22(27)28-23(3,4)5/h7-9,14,16,20H,6,10-13,15H2,1-5H3. The molecular formula is C23H33N3O2. The number of benzene rings is 1. The quantitative estimate of drug-likeness (QED) is 0.753. The minimum atomic E-state index is -0.440. The number of ether oxygens (including phenoxy) is 1. The molecule has 1 aromatic heterocycles. The van der Waals surface area contributed by atoms with Crippen molar-refractivity contribution < 1.29 is 9.53 Å². The summed E-state index contributed by atoms with van der Waals surface area (Å²) in [5, 5.41) is 4.64. The Morgan fingerprint density at radius 1 is 1.25 bits per heavy atom. The van der Waals surface area contributed by atoms with E-state index in [1.807, 2.05) is 30.4 Å². The van der Waals surface area contributed by atoms with Gasteiger partial charge in [-0.15, -0.1) is 0 Å². The Balaban J connectivity index is 1.61. The molecule has 1 aliphatic rings. The number of likely N-dealkylation sites (tertiary alicyclic amines) is 1. The minimum Gasteiger partial charge on any atom is -0.444 e. The van der Waals surface area contributed by atoms with E-state index in [0.29, 0.717) is 5.92 Å². The SMILES string of the molecule is CCc1cn(Cc2cccc(C3CCN(C(=O)OC(C)(C)C)CC3)c2)nc1C. The lowest BCUT2D eigenvalue weighted by atomic mass is 9.88. The van der Waals surface area contributed by atoms with Crippen molar-refractivity contribution in [2.75, 3.05) is 13.1 Å². The minimum absolute atomic E-state index is 0.194. The summed E-state index contributed by atoms with van der Waals surface area (Å²) in [6.45, 7) is 12.3. The van der Waals surface area contributed by atoms with Crippen molar-refractivity contribution in [1.82, 2.24) is 14.7 Å². The van der Waals surface area contributed by atoms with Gasteiger partial charge in [-0.2, -0.15) is 5.10 Å². The molecule has 5 nitrogen and oxygen atoms in total. The largest absolute Gasteiger partial charge is 0.444 e. The van der Waals surface area contributed by atoms with Crippen LogP contribution in [0.5, 0.6) is 0 Å². The molecule has 0 spiro atoms. The van der Waals surface area contributed by atoms with Gasteiger partial charge < -0.3 is 9.64 Å². The van der Waals surface area contributed by atoms with Crippen LogP contribution < -0.4 is 0 Å². The zero-order valence-corrected chi connectivity index (χ0v) is 17.9. The molecule has 2 aromatic rings. The predicted octanol–water partition coefficient (Wildman–Crippen LogP) is 4.92. The normalized spacial score (nSPS) is 15.7. The number of aryl methyl sites for hydroxylation is 2. The molecular weight excluding hydrogens is 350 g/mol. The zero-order chi connectivity index (χ0) is 20.3. The van der Waals surface area contributed by atoms with Crippen LogP contribution in [0, 0.1) is 6.92 Å². The Labute approximate surface area is 168 Å². The van der Waals surface area contributed by atoms with Crippen LogP contribution in [0.3, 0.4) is 0 Å². The van der Waals surface area contributed by atoms with Gasteiger partial charge in [-0.1, -0.05) is 31.2 Å². The monoisotopic (exact) mass is 383 g/mol. The Morgan fingerprint density at radius 2 is 1.96 bits per heavy atom. The Bertz CT molecular complexity index is 811. The van der Waals surface area contributed by atoms with Crippen molar-refractivity contribution in [2.24, 2.45) is 0 Å².